The molecule has 1 saturated heterocycles. The number of β-amino-alcohol motifs (C(OH)–C–C–N with tert-alkyl or cyclic N) is 1. The number of nitrogens with zero attached hydrogens (tertiary/aromatic N) is 2. The fourth-order valence-electron chi connectivity index (χ4n) is 2.94. The van der Waals surface area contributed by atoms with E-state index in [1.807, 2.05) is 42.5 Å². The summed E-state index contributed by atoms with van der Waals surface area (Å²) in [5.41, 5.74) is 0.658. The Morgan fingerprint density at radius 3 is 2.33 bits per heavy atom. The molecule has 2 aromatic carbocycles. The zero-order chi connectivity index (χ0) is 16.8. The van der Waals surface area contributed by atoms with Crippen LogP contribution in [0.5, 0.6) is 5.75 Å². The van der Waals surface area contributed by atoms with E-state index in [-0.39, 0.29) is 12.4 Å². The van der Waals surface area contributed by atoms with Crippen molar-refractivity contribution in [1.82, 2.24) is 4.90 Å². The lowest BCUT2D eigenvalue weighted by atomic mass is 10.2. The van der Waals surface area contributed by atoms with E-state index in [2.05, 4.69) is 9.80 Å². The van der Waals surface area contributed by atoms with Gasteiger partial charge in [0.25, 0.3) is 0 Å². The molecule has 0 bridgehead atoms. The fourth-order valence-corrected chi connectivity index (χ4v) is 2.94. The van der Waals surface area contributed by atoms with Crippen molar-refractivity contribution in [2.45, 2.75) is 6.10 Å². The smallest absolute Gasteiger partial charge is 0.146 e. The molecule has 3 rings (SSSR count). The number of hydrogen-bond acceptors (Lipinski definition) is 4. The molecule has 0 spiro atoms. The third kappa shape index (κ3) is 4.46. The van der Waals surface area contributed by atoms with Crippen molar-refractivity contribution >= 4 is 5.69 Å². The highest BCUT2D eigenvalue weighted by atomic mass is 19.1. The minimum absolute atomic E-state index is 0.178. The first-order valence-corrected chi connectivity index (χ1v) is 8.30. The number of halogens is 1. The highest BCUT2D eigenvalue weighted by Gasteiger charge is 2.21. The molecule has 2 aromatic rings. The van der Waals surface area contributed by atoms with E-state index >= 15 is 0 Å². The van der Waals surface area contributed by atoms with Crippen LogP contribution < -0.4 is 9.64 Å². The van der Waals surface area contributed by atoms with Crippen molar-refractivity contribution in [3.63, 3.8) is 0 Å². The van der Waals surface area contributed by atoms with Crippen LogP contribution in [-0.2, 0) is 0 Å². The van der Waals surface area contributed by atoms with E-state index in [9.17, 15) is 9.50 Å². The third-order valence-electron chi connectivity index (χ3n) is 4.22. The SMILES string of the molecule is O[C@H](COc1ccccc1)CN1CCN(c2ccccc2F)CC1. The molecule has 0 aliphatic carbocycles. The monoisotopic (exact) mass is 330 g/mol. The van der Waals surface area contributed by atoms with Crippen molar-refractivity contribution in [1.29, 1.82) is 0 Å². The second-order valence-corrected chi connectivity index (χ2v) is 6.02. The first kappa shape index (κ1) is 16.7. The van der Waals surface area contributed by atoms with Gasteiger partial charge in [-0.15, -0.1) is 0 Å². The number of aliphatic hydroxyl groups is 1. The van der Waals surface area contributed by atoms with Gasteiger partial charge in [0.1, 0.15) is 24.3 Å². The lowest BCUT2D eigenvalue weighted by molar-refractivity contribution is 0.0662. The van der Waals surface area contributed by atoms with Gasteiger partial charge >= 0.3 is 0 Å². The summed E-state index contributed by atoms with van der Waals surface area (Å²) in [6, 6.07) is 16.4. The Bertz CT molecular complexity index is 630. The number of aliphatic hydroxyl groups excluding tert-OH is 1. The quantitative estimate of drug-likeness (QED) is 0.882. The van der Waals surface area contributed by atoms with Crippen molar-refractivity contribution in [3.8, 4) is 5.75 Å². The summed E-state index contributed by atoms with van der Waals surface area (Å²) in [6.45, 7) is 3.96. The van der Waals surface area contributed by atoms with Crippen molar-refractivity contribution in [2.24, 2.45) is 0 Å². The maximum atomic E-state index is 13.8. The molecule has 1 aliphatic rings. The highest BCUT2D eigenvalue weighted by Crippen LogP contribution is 2.20. The predicted octanol–water partition coefficient (Wildman–Crippen LogP) is 2.39. The number of anilines is 1. The van der Waals surface area contributed by atoms with Crippen molar-refractivity contribution < 1.29 is 14.2 Å². The minimum Gasteiger partial charge on any atom is -0.491 e. The van der Waals surface area contributed by atoms with Gasteiger partial charge in [0, 0.05) is 32.7 Å². The Morgan fingerprint density at radius 2 is 1.62 bits per heavy atom. The maximum Gasteiger partial charge on any atom is 0.146 e. The third-order valence-corrected chi connectivity index (χ3v) is 4.22. The average Bonchev–Trinajstić information content (AvgIpc) is 2.62. The average molecular weight is 330 g/mol. The summed E-state index contributed by atoms with van der Waals surface area (Å²) in [5.74, 6) is 0.586. The van der Waals surface area contributed by atoms with Crippen LogP contribution in [0.4, 0.5) is 10.1 Å². The molecule has 0 unspecified atom stereocenters. The highest BCUT2D eigenvalue weighted by molar-refractivity contribution is 5.47. The van der Waals surface area contributed by atoms with Crippen LogP contribution in [0.2, 0.25) is 0 Å². The van der Waals surface area contributed by atoms with Gasteiger partial charge in [-0.2, -0.15) is 0 Å². The Balaban J connectivity index is 1.43. The molecule has 4 nitrogen and oxygen atoms in total. The molecule has 0 amide bonds. The number of rotatable bonds is 6. The van der Waals surface area contributed by atoms with Crippen LogP contribution in [0.3, 0.4) is 0 Å². The number of para-hydroxylation sites is 2. The summed E-state index contributed by atoms with van der Waals surface area (Å²) in [7, 11) is 0. The van der Waals surface area contributed by atoms with Gasteiger partial charge in [0.05, 0.1) is 5.69 Å². The van der Waals surface area contributed by atoms with Crippen LogP contribution in [0.25, 0.3) is 0 Å². The maximum absolute atomic E-state index is 13.8. The molecular weight excluding hydrogens is 307 g/mol. The Labute approximate surface area is 142 Å². The zero-order valence-corrected chi connectivity index (χ0v) is 13.6. The standard InChI is InChI=1S/C19H23FN2O2/c20-18-8-4-5-9-19(18)22-12-10-21(11-13-22)14-16(23)15-24-17-6-2-1-3-7-17/h1-9,16,23H,10-15H2/t16-/m0/s1. The zero-order valence-electron chi connectivity index (χ0n) is 13.6. The van der Waals surface area contributed by atoms with Crippen LogP contribution in [0.1, 0.15) is 0 Å². The molecule has 5 heteroatoms. The first-order valence-electron chi connectivity index (χ1n) is 8.30. The van der Waals surface area contributed by atoms with Crippen molar-refractivity contribution in [3.05, 3.63) is 60.4 Å². The Morgan fingerprint density at radius 1 is 0.958 bits per heavy atom. The van der Waals surface area contributed by atoms with E-state index in [0.29, 0.717) is 12.2 Å². The van der Waals surface area contributed by atoms with Crippen LogP contribution in [0, 0.1) is 5.82 Å². The number of piperazine rings is 1. The van der Waals surface area contributed by atoms with Gasteiger partial charge in [0.15, 0.2) is 0 Å². The summed E-state index contributed by atoms with van der Waals surface area (Å²) in [5, 5.41) is 10.1. The van der Waals surface area contributed by atoms with Gasteiger partial charge in [0.2, 0.25) is 0 Å². The number of hydrogen-bond donors (Lipinski definition) is 1. The van der Waals surface area contributed by atoms with Gasteiger partial charge in [-0.1, -0.05) is 30.3 Å². The molecule has 1 fully saturated rings. The largest absolute Gasteiger partial charge is 0.491 e. The van der Waals surface area contributed by atoms with E-state index in [0.717, 1.165) is 31.9 Å². The predicted molar refractivity (Wildman–Crippen MR) is 93.0 cm³/mol. The number of benzene rings is 2. The summed E-state index contributed by atoms with van der Waals surface area (Å²) in [4.78, 5) is 4.25. The molecule has 128 valence electrons. The van der Waals surface area contributed by atoms with E-state index in [1.165, 1.54) is 6.07 Å². The fraction of sp³-hybridized carbons (Fsp3) is 0.368. The van der Waals surface area contributed by atoms with Crippen LogP contribution >= 0.6 is 0 Å². The minimum atomic E-state index is -0.537. The lowest BCUT2D eigenvalue weighted by Crippen LogP contribution is -2.49. The molecule has 0 saturated carbocycles. The molecule has 1 aliphatic heterocycles. The molecule has 1 N–H and O–H groups in total. The Kier molecular flexibility index (Phi) is 5.67. The van der Waals surface area contributed by atoms with Crippen LogP contribution in [-0.4, -0.2) is 55.4 Å². The summed E-state index contributed by atoms with van der Waals surface area (Å²) in [6.07, 6.45) is -0.537. The topological polar surface area (TPSA) is 35.9 Å². The molecule has 0 radical (unpaired) electrons. The van der Waals surface area contributed by atoms with Gasteiger partial charge in [-0.25, -0.2) is 4.39 Å². The van der Waals surface area contributed by atoms with Gasteiger partial charge in [-0.3, -0.25) is 4.90 Å². The number of ether oxygens (including phenoxy) is 1. The Hall–Kier alpha value is -2.11. The first-order chi connectivity index (χ1) is 11.7. The van der Waals surface area contributed by atoms with E-state index in [1.54, 1.807) is 6.07 Å². The molecule has 1 heterocycles. The lowest BCUT2D eigenvalue weighted by Gasteiger charge is -2.36. The van der Waals surface area contributed by atoms with Gasteiger partial charge in [-0.05, 0) is 24.3 Å². The van der Waals surface area contributed by atoms with Crippen LogP contribution in [0.15, 0.2) is 54.6 Å². The second-order valence-electron chi connectivity index (χ2n) is 6.02. The summed E-state index contributed by atoms with van der Waals surface area (Å²) >= 11 is 0. The molecule has 0 aromatic heterocycles. The summed E-state index contributed by atoms with van der Waals surface area (Å²) < 4.78 is 19.4. The van der Waals surface area contributed by atoms with Gasteiger partial charge < -0.3 is 14.7 Å². The van der Waals surface area contributed by atoms with E-state index < -0.39 is 6.10 Å². The molecular formula is C19H23FN2O2. The van der Waals surface area contributed by atoms with Crippen molar-refractivity contribution in [2.75, 3.05) is 44.2 Å². The second kappa shape index (κ2) is 8.13. The normalized spacial score (nSPS) is 16.8. The molecule has 1 atom stereocenters. The molecule has 24 heavy (non-hydrogen) atoms. The van der Waals surface area contributed by atoms with E-state index in [4.69, 9.17) is 4.74 Å².